The smallest absolute Gasteiger partial charge is 0.126 e. The Hall–Kier alpha value is -0.960. The number of hydrogen-bond acceptors (Lipinski definition) is 1. The Bertz CT molecular complexity index is 433. The molecule has 1 aliphatic carbocycles. The second-order valence-electron chi connectivity index (χ2n) is 5.98. The van der Waals surface area contributed by atoms with Gasteiger partial charge in [-0.05, 0) is 55.4 Å². The molecular formula is C16H23F2N. The highest BCUT2D eigenvalue weighted by molar-refractivity contribution is 5.21. The van der Waals surface area contributed by atoms with Gasteiger partial charge in [0, 0.05) is 5.54 Å². The zero-order valence-corrected chi connectivity index (χ0v) is 11.6. The van der Waals surface area contributed by atoms with Crippen molar-refractivity contribution in [2.75, 3.05) is 0 Å². The SMILES string of the molecule is CCC1CCCC(N)(Cc2cc(F)ccc2F)CC1. The van der Waals surface area contributed by atoms with E-state index in [0.29, 0.717) is 12.0 Å². The minimum atomic E-state index is -0.389. The molecule has 1 aromatic carbocycles. The molecule has 2 N–H and O–H groups in total. The quantitative estimate of drug-likeness (QED) is 0.816. The van der Waals surface area contributed by atoms with Crippen LogP contribution in [0.25, 0.3) is 0 Å². The molecule has 106 valence electrons. The average Bonchev–Trinajstić information content (AvgIpc) is 2.56. The lowest BCUT2D eigenvalue weighted by atomic mass is 9.84. The molecule has 2 unspecified atom stereocenters. The molecule has 0 spiro atoms. The molecule has 0 bridgehead atoms. The molecule has 0 amide bonds. The van der Waals surface area contributed by atoms with Gasteiger partial charge in [0.05, 0.1) is 0 Å². The van der Waals surface area contributed by atoms with Gasteiger partial charge in [-0.2, -0.15) is 0 Å². The molecule has 1 fully saturated rings. The number of benzene rings is 1. The molecule has 0 radical (unpaired) electrons. The third kappa shape index (κ3) is 3.75. The van der Waals surface area contributed by atoms with E-state index in [9.17, 15) is 8.78 Å². The molecule has 1 saturated carbocycles. The van der Waals surface area contributed by atoms with Gasteiger partial charge in [0.15, 0.2) is 0 Å². The van der Waals surface area contributed by atoms with Gasteiger partial charge in [0.2, 0.25) is 0 Å². The Kier molecular flexibility index (Phi) is 4.56. The Balaban J connectivity index is 2.10. The fraction of sp³-hybridized carbons (Fsp3) is 0.625. The lowest BCUT2D eigenvalue weighted by Gasteiger charge is -2.28. The lowest BCUT2D eigenvalue weighted by Crippen LogP contribution is -2.41. The van der Waals surface area contributed by atoms with Crippen molar-refractivity contribution < 1.29 is 8.78 Å². The summed E-state index contributed by atoms with van der Waals surface area (Å²) in [5.41, 5.74) is 6.48. The highest BCUT2D eigenvalue weighted by Crippen LogP contribution is 2.33. The fourth-order valence-corrected chi connectivity index (χ4v) is 3.15. The van der Waals surface area contributed by atoms with Gasteiger partial charge in [-0.3, -0.25) is 0 Å². The second kappa shape index (κ2) is 6.00. The zero-order valence-electron chi connectivity index (χ0n) is 11.6. The van der Waals surface area contributed by atoms with Gasteiger partial charge in [-0.1, -0.05) is 26.2 Å². The molecule has 19 heavy (non-hydrogen) atoms. The Morgan fingerprint density at radius 3 is 2.79 bits per heavy atom. The first kappa shape index (κ1) is 14.4. The summed E-state index contributed by atoms with van der Waals surface area (Å²) in [6, 6.07) is 3.63. The van der Waals surface area contributed by atoms with Crippen LogP contribution in [0.5, 0.6) is 0 Å². The van der Waals surface area contributed by atoms with Crippen molar-refractivity contribution in [2.45, 2.75) is 57.4 Å². The molecule has 3 heteroatoms. The minimum Gasteiger partial charge on any atom is -0.325 e. The predicted octanol–water partition coefficient (Wildman–Crippen LogP) is 4.20. The van der Waals surface area contributed by atoms with Crippen LogP contribution >= 0.6 is 0 Å². The average molecular weight is 267 g/mol. The highest BCUT2D eigenvalue weighted by atomic mass is 19.1. The maximum atomic E-state index is 13.7. The van der Waals surface area contributed by atoms with Crippen LogP contribution in [-0.2, 0) is 6.42 Å². The molecule has 1 aromatic rings. The summed E-state index contributed by atoms with van der Waals surface area (Å²) in [6.07, 6.45) is 6.83. The van der Waals surface area contributed by atoms with Gasteiger partial charge in [0.1, 0.15) is 11.6 Å². The van der Waals surface area contributed by atoms with E-state index >= 15 is 0 Å². The van der Waals surface area contributed by atoms with Crippen molar-refractivity contribution in [3.05, 3.63) is 35.4 Å². The number of nitrogens with two attached hydrogens (primary N) is 1. The van der Waals surface area contributed by atoms with Crippen molar-refractivity contribution in [3.8, 4) is 0 Å². The summed E-state index contributed by atoms with van der Waals surface area (Å²) < 4.78 is 26.9. The van der Waals surface area contributed by atoms with Crippen LogP contribution in [0.2, 0.25) is 0 Å². The van der Waals surface area contributed by atoms with Crippen LogP contribution in [0.3, 0.4) is 0 Å². The first-order valence-electron chi connectivity index (χ1n) is 7.25. The largest absolute Gasteiger partial charge is 0.325 e. The van der Waals surface area contributed by atoms with Crippen molar-refractivity contribution >= 4 is 0 Å². The monoisotopic (exact) mass is 267 g/mol. The van der Waals surface area contributed by atoms with E-state index in [2.05, 4.69) is 6.92 Å². The molecule has 2 atom stereocenters. The number of halogens is 2. The van der Waals surface area contributed by atoms with E-state index in [4.69, 9.17) is 5.73 Å². The standard InChI is InChI=1S/C16H23F2N/c1-2-12-4-3-8-16(19,9-7-12)11-13-10-14(17)5-6-15(13)18/h5-6,10,12H,2-4,7-9,11,19H2,1H3. The van der Waals surface area contributed by atoms with Gasteiger partial charge >= 0.3 is 0 Å². The lowest BCUT2D eigenvalue weighted by molar-refractivity contribution is 0.353. The van der Waals surface area contributed by atoms with Gasteiger partial charge in [-0.15, -0.1) is 0 Å². The number of rotatable bonds is 3. The summed E-state index contributed by atoms with van der Waals surface area (Å²) in [6.45, 7) is 2.21. The van der Waals surface area contributed by atoms with E-state index in [0.717, 1.165) is 37.7 Å². The summed E-state index contributed by atoms with van der Waals surface area (Å²) in [5.74, 6) is 0.00496. The topological polar surface area (TPSA) is 26.0 Å². The second-order valence-corrected chi connectivity index (χ2v) is 5.98. The third-order valence-corrected chi connectivity index (χ3v) is 4.47. The zero-order chi connectivity index (χ0) is 13.9. The van der Waals surface area contributed by atoms with Crippen molar-refractivity contribution in [1.82, 2.24) is 0 Å². The summed E-state index contributed by atoms with van der Waals surface area (Å²) in [7, 11) is 0. The predicted molar refractivity (Wildman–Crippen MR) is 73.8 cm³/mol. The molecular weight excluding hydrogens is 244 g/mol. The summed E-state index contributed by atoms with van der Waals surface area (Å²) in [4.78, 5) is 0. The Morgan fingerprint density at radius 2 is 2.05 bits per heavy atom. The third-order valence-electron chi connectivity index (χ3n) is 4.47. The van der Waals surface area contributed by atoms with E-state index < -0.39 is 0 Å². The van der Waals surface area contributed by atoms with Gasteiger partial charge < -0.3 is 5.73 Å². The maximum Gasteiger partial charge on any atom is 0.126 e. The van der Waals surface area contributed by atoms with Crippen LogP contribution in [-0.4, -0.2) is 5.54 Å². The van der Waals surface area contributed by atoms with Gasteiger partial charge in [0.25, 0.3) is 0 Å². The normalized spacial score (nSPS) is 28.1. The Labute approximate surface area is 114 Å². The van der Waals surface area contributed by atoms with E-state index in [-0.39, 0.29) is 17.2 Å². The number of hydrogen-bond donors (Lipinski definition) is 1. The van der Waals surface area contributed by atoms with Crippen LogP contribution < -0.4 is 5.73 Å². The molecule has 1 nitrogen and oxygen atoms in total. The van der Waals surface area contributed by atoms with E-state index in [1.807, 2.05) is 0 Å². The van der Waals surface area contributed by atoms with Gasteiger partial charge in [-0.25, -0.2) is 8.78 Å². The fourth-order valence-electron chi connectivity index (χ4n) is 3.15. The first-order valence-corrected chi connectivity index (χ1v) is 7.25. The van der Waals surface area contributed by atoms with E-state index in [1.54, 1.807) is 0 Å². The van der Waals surface area contributed by atoms with Crippen LogP contribution in [0.4, 0.5) is 8.78 Å². The van der Waals surface area contributed by atoms with Crippen molar-refractivity contribution in [1.29, 1.82) is 0 Å². The molecule has 0 heterocycles. The van der Waals surface area contributed by atoms with Crippen LogP contribution in [0.15, 0.2) is 18.2 Å². The summed E-state index contributed by atoms with van der Waals surface area (Å²) in [5, 5.41) is 0. The van der Waals surface area contributed by atoms with Crippen LogP contribution in [0, 0.1) is 17.6 Å². The Morgan fingerprint density at radius 1 is 1.26 bits per heavy atom. The van der Waals surface area contributed by atoms with Crippen LogP contribution in [0.1, 0.15) is 51.0 Å². The van der Waals surface area contributed by atoms with Crippen molar-refractivity contribution in [2.24, 2.45) is 11.7 Å². The highest BCUT2D eigenvalue weighted by Gasteiger charge is 2.30. The molecule has 0 aromatic heterocycles. The molecule has 1 aliphatic rings. The summed E-state index contributed by atoms with van der Waals surface area (Å²) >= 11 is 0. The van der Waals surface area contributed by atoms with Crippen molar-refractivity contribution in [3.63, 3.8) is 0 Å². The first-order chi connectivity index (χ1) is 9.02. The molecule has 0 aliphatic heterocycles. The van der Waals surface area contributed by atoms with E-state index in [1.165, 1.54) is 25.0 Å². The maximum absolute atomic E-state index is 13.7. The minimum absolute atomic E-state index is 0.345. The molecule has 2 rings (SSSR count). The molecule has 0 saturated heterocycles.